The zero-order valence-corrected chi connectivity index (χ0v) is 15.2. The molecule has 1 N–H and O–H groups in total. The average molecular weight is 360 g/mol. The van der Waals surface area contributed by atoms with Crippen LogP contribution in [0, 0.1) is 0 Å². The molecule has 0 saturated heterocycles. The molecule has 0 spiro atoms. The van der Waals surface area contributed by atoms with Gasteiger partial charge in [-0.05, 0) is 54.0 Å². The van der Waals surface area contributed by atoms with Crippen molar-refractivity contribution in [2.45, 2.75) is 39.3 Å². The molecule has 0 aromatic heterocycles. The lowest BCUT2D eigenvalue weighted by molar-refractivity contribution is 0.00518. The van der Waals surface area contributed by atoms with Crippen LogP contribution in [0.2, 0.25) is 0 Å². The van der Waals surface area contributed by atoms with Crippen molar-refractivity contribution in [3.63, 3.8) is 0 Å². The number of ether oxygens (including phenoxy) is 3. The zero-order chi connectivity index (χ0) is 15.9. The summed E-state index contributed by atoms with van der Waals surface area (Å²) in [5.41, 5.74) is 0.968. The fourth-order valence-corrected chi connectivity index (χ4v) is 2.39. The van der Waals surface area contributed by atoms with Gasteiger partial charge in [0.2, 0.25) is 0 Å². The number of hydrogen-bond acceptors (Lipinski definition) is 4. The molecule has 1 aromatic rings. The molecule has 0 bridgehead atoms. The van der Waals surface area contributed by atoms with Gasteiger partial charge in [-0.15, -0.1) is 0 Å². The summed E-state index contributed by atoms with van der Waals surface area (Å²) in [6.07, 6.45) is 0.804. The maximum Gasteiger partial charge on any atom is 0.175 e. The third-order valence-electron chi connectivity index (χ3n) is 3.37. The predicted octanol–water partition coefficient (Wildman–Crippen LogP) is 3.76. The number of nitrogens with one attached hydrogen (secondary N) is 1. The van der Waals surface area contributed by atoms with Gasteiger partial charge in [0, 0.05) is 20.1 Å². The minimum absolute atomic E-state index is 0.190. The molecule has 0 heterocycles. The van der Waals surface area contributed by atoms with Crippen molar-refractivity contribution >= 4 is 15.9 Å². The van der Waals surface area contributed by atoms with E-state index < -0.39 is 0 Å². The van der Waals surface area contributed by atoms with E-state index in [1.807, 2.05) is 19.9 Å². The van der Waals surface area contributed by atoms with Gasteiger partial charge in [-0.2, -0.15) is 0 Å². The summed E-state index contributed by atoms with van der Waals surface area (Å²) in [5.74, 6) is 1.48. The van der Waals surface area contributed by atoms with Crippen LogP contribution in [-0.2, 0) is 11.3 Å². The highest BCUT2D eigenvalue weighted by Crippen LogP contribution is 2.37. The van der Waals surface area contributed by atoms with Gasteiger partial charge in [0.1, 0.15) is 0 Å². The van der Waals surface area contributed by atoms with Crippen molar-refractivity contribution in [2.75, 3.05) is 27.4 Å². The molecule has 120 valence electrons. The van der Waals surface area contributed by atoms with E-state index in [0.29, 0.717) is 6.61 Å². The SMILES string of the molecule is CCNCc1cc(Br)c(OCCC(C)(C)OC)c(OC)c1. The third-order valence-corrected chi connectivity index (χ3v) is 3.96. The monoisotopic (exact) mass is 359 g/mol. The topological polar surface area (TPSA) is 39.7 Å². The number of halogens is 1. The van der Waals surface area contributed by atoms with Crippen LogP contribution in [0.3, 0.4) is 0 Å². The van der Waals surface area contributed by atoms with Gasteiger partial charge < -0.3 is 19.5 Å². The summed E-state index contributed by atoms with van der Waals surface area (Å²) in [5, 5.41) is 3.30. The van der Waals surface area contributed by atoms with Crippen LogP contribution in [0.1, 0.15) is 32.8 Å². The summed E-state index contributed by atoms with van der Waals surface area (Å²) in [6.45, 7) is 8.49. The Morgan fingerprint density at radius 1 is 1.24 bits per heavy atom. The molecule has 0 saturated carbocycles. The van der Waals surface area contributed by atoms with Crippen LogP contribution in [0.25, 0.3) is 0 Å². The molecule has 0 fully saturated rings. The van der Waals surface area contributed by atoms with Gasteiger partial charge in [0.15, 0.2) is 11.5 Å². The molecule has 5 heteroatoms. The van der Waals surface area contributed by atoms with E-state index in [2.05, 4.69) is 34.2 Å². The van der Waals surface area contributed by atoms with E-state index in [-0.39, 0.29) is 5.60 Å². The van der Waals surface area contributed by atoms with Gasteiger partial charge in [-0.25, -0.2) is 0 Å². The number of rotatable bonds is 9. The van der Waals surface area contributed by atoms with Crippen LogP contribution >= 0.6 is 15.9 Å². The van der Waals surface area contributed by atoms with Crippen molar-refractivity contribution in [3.8, 4) is 11.5 Å². The second-order valence-corrected chi connectivity index (χ2v) is 6.31. The Kier molecular flexibility index (Phi) is 7.49. The third kappa shape index (κ3) is 5.85. The zero-order valence-electron chi connectivity index (χ0n) is 13.6. The van der Waals surface area contributed by atoms with Gasteiger partial charge in [0.05, 0.1) is 23.8 Å². The van der Waals surface area contributed by atoms with Crippen LogP contribution in [0.4, 0.5) is 0 Å². The lowest BCUT2D eigenvalue weighted by Gasteiger charge is -2.23. The number of methoxy groups -OCH3 is 2. The van der Waals surface area contributed by atoms with Gasteiger partial charge in [-0.1, -0.05) is 6.92 Å². The molecule has 21 heavy (non-hydrogen) atoms. The minimum Gasteiger partial charge on any atom is -0.493 e. The first-order valence-electron chi connectivity index (χ1n) is 7.18. The second-order valence-electron chi connectivity index (χ2n) is 5.45. The van der Waals surface area contributed by atoms with Crippen molar-refractivity contribution < 1.29 is 14.2 Å². The highest BCUT2D eigenvalue weighted by atomic mass is 79.9. The molecule has 0 radical (unpaired) electrons. The molecule has 0 atom stereocenters. The first kappa shape index (κ1) is 18.3. The van der Waals surface area contributed by atoms with Crippen LogP contribution < -0.4 is 14.8 Å². The standard InChI is InChI=1S/C16H26BrNO3/c1-6-18-11-12-9-13(17)15(14(10-12)19-4)21-8-7-16(2,3)20-5/h9-10,18H,6-8,11H2,1-5H3. The lowest BCUT2D eigenvalue weighted by atomic mass is 10.1. The highest BCUT2D eigenvalue weighted by molar-refractivity contribution is 9.10. The van der Waals surface area contributed by atoms with E-state index in [1.165, 1.54) is 0 Å². The smallest absolute Gasteiger partial charge is 0.175 e. The van der Waals surface area contributed by atoms with E-state index in [0.717, 1.165) is 41.0 Å². The number of hydrogen-bond donors (Lipinski definition) is 1. The summed E-state index contributed by atoms with van der Waals surface area (Å²) < 4.78 is 17.6. The molecule has 0 amide bonds. The Balaban J connectivity index is 2.77. The Hall–Kier alpha value is -0.780. The Morgan fingerprint density at radius 2 is 1.95 bits per heavy atom. The van der Waals surface area contributed by atoms with E-state index >= 15 is 0 Å². The average Bonchev–Trinajstić information content (AvgIpc) is 2.46. The van der Waals surface area contributed by atoms with Crippen LogP contribution in [0.5, 0.6) is 11.5 Å². The van der Waals surface area contributed by atoms with E-state index in [9.17, 15) is 0 Å². The van der Waals surface area contributed by atoms with Crippen molar-refractivity contribution in [3.05, 3.63) is 22.2 Å². The van der Waals surface area contributed by atoms with Crippen LogP contribution in [0.15, 0.2) is 16.6 Å². The first-order valence-corrected chi connectivity index (χ1v) is 7.98. The maximum absolute atomic E-state index is 5.88. The van der Waals surface area contributed by atoms with E-state index in [4.69, 9.17) is 14.2 Å². The van der Waals surface area contributed by atoms with Crippen molar-refractivity contribution in [1.29, 1.82) is 0 Å². The normalized spacial score (nSPS) is 11.5. The molecule has 1 rings (SSSR count). The Bertz CT molecular complexity index is 449. The van der Waals surface area contributed by atoms with Crippen molar-refractivity contribution in [2.24, 2.45) is 0 Å². The highest BCUT2D eigenvalue weighted by Gasteiger charge is 2.18. The number of benzene rings is 1. The molecule has 0 aliphatic rings. The van der Waals surface area contributed by atoms with Gasteiger partial charge >= 0.3 is 0 Å². The molecular weight excluding hydrogens is 334 g/mol. The Labute approximate surface area is 136 Å². The summed E-state index contributed by atoms with van der Waals surface area (Å²) in [4.78, 5) is 0. The minimum atomic E-state index is -0.190. The molecule has 0 unspecified atom stereocenters. The molecule has 4 nitrogen and oxygen atoms in total. The molecule has 0 aliphatic carbocycles. The Morgan fingerprint density at radius 3 is 2.52 bits per heavy atom. The fourth-order valence-electron chi connectivity index (χ4n) is 1.79. The summed E-state index contributed by atoms with van der Waals surface area (Å²) >= 11 is 3.56. The van der Waals surface area contributed by atoms with E-state index in [1.54, 1.807) is 14.2 Å². The van der Waals surface area contributed by atoms with Gasteiger partial charge in [-0.3, -0.25) is 0 Å². The summed E-state index contributed by atoms with van der Waals surface area (Å²) in [7, 11) is 3.37. The van der Waals surface area contributed by atoms with Crippen molar-refractivity contribution in [1.82, 2.24) is 5.32 Å². The largest absolute Gasteiger partial charge is 0.493 e. The molecule has 1 aromatic carbocycles. The fraction of sp³-hybridized carbons (Fsp3) is 0.625. The second kappa shape index (κ2) is 8.61. The lowest BCUT2D eigenvalue weighted by Crippen LogP contribution is -2.25. The molecular formula is C16H26BrNO3. The predicted molar refractivity (Wildman–Crippen MR) is 89.3 cm³/mol. The van der Waals surface area contributed by atoms with Crippen LogP contribution in [-0.4, -0.2) is 33.0 Å². The molecule has 0 aliphatic heterocycles. The summed E-state index contributed by atoms with van der Waals surface area (Å²) in [6, 6.07) is 4.06. The quantitative estimate of drug-likeness (QED) is 0.728. The maximum atomic E-state index is 5.88. The van der Waals surface area contributed by atoms with Gasteiger partial charge in [0.25, 0.3) is 0 Å². The first-order chi connectivity index (χ1) is 9.93.